The second-order valence-corrected chi connectivity index (χ2v) is 6.16. The molecule has 5 nitrogen and oxygen atoms in total. The van der Waals surface area contributed by atoms with Gasteiger partial charge in [-0.25, -0.2) is 0 Å². The van der Waals surface area contributed by atoms with Crippen molar-refractivity contribution in [1.29, 1.82) is 0 Å². The number of carbonyl (C=O) groups is 1. The summed E-state index contributed by atoms with van der Waals surface area (Å²) in [5.41, 5.74) is 13.9. The minimum absolute atomic E-state index is 0.0124. The molecule has 0 radical (unpaired) electrons. The van der Waals surface area contributed by atoms with Crippen LogP contribution in [0.4, 0.5) is 17.1 Å². The van der Waals surface area contributed by atoms with Crippen molar-refractivity contribution in [2.24, 2.45) is 0 Å². The van der Waals surface area contributed by atoms with Gasteiger partial charge in [-0.2, -0.15) is 0 Å². The number of rotatable bonds is 4. The number of nitrogens with two attached hydrogens (primary N) is 2. The number of fused-ring (bicyclic) bond motifs is 1. The lowest BCUT2D eigenvalue weighted by Crippen LogP contribution is -2.55. The maximum absolute atomic E-state index is 13.2. The molecule has 1 aliphatic rings. The standard InChI is InChI=1S/C19H23N3O2/c1-3-19(4-2)18(23)22(12-13-5-7-14(20)8-6-13)16-10-9-15(21)11-17(16)24-19/h5-11H,3-4,12,20-21H2,1-2H3. The van der Waals surface area contributed by atoms with Crippen LogP contribution in [0.1, 0.15) is 32.3 Å². The second-order valence-electron chi connectivity index (χ2n) is 6.16. The Morgan fingerprint density at radius 2 is 1.62 bits per heavy atom. The fourth-order valence-electron chi connectivity index (χ4n) is 3.10. The van der Waals surface area contributed by atoms with E-state index in [-0.39, 0.29) is 5.91 Å². The maximum atomic E-state index is 13.2. The molecule has 0 fully saturated rings. The van der Waals surface area contributed by atoms with E-state index in [2.05, 4.69) is 0 Å². The van der Waals surface area contributed by atoms with Crippen molar-refractivity contribution < 1.29 is 9.53 Å². The van der Waals surface area contributed by atoms with Gasteiger partial charge in [0.1, 0.15) is 5.75 Å². The van der Waals surface area contributed by atoms with Crippen molar-refractivity contribution >= 4 is 23.0 Å². The lowest BCUT2D eigenvalue weighted by Gasteiger charge is -2.42. The number of hydrogen-bond acceptors (Lipinski definition) is 4. The number of nitrogen functional groups attached to an aromatic ring is 2. The molecule has 0 aliphatic carbocycles. The molecule has 5 heteroatoms. The smallest absolute Gasteiger partial charge is 0.271 e. The average molecular weight is 325 g/mol. The maximum Gasteiger partial charge on any atom is 0.271 e. The molecule has 3 rings (SSSR count). The largest absolute Gasteiger partial charge is 0.475 e. The number of carbonyl (C=O) groups excluding carboxylic acids is 1. The van der Waals surface area contributed by atoms with Gasteiger partial charge in [0.05, 0.1) is 12.2 Å². The number of nitrogens with zero attached hydrogens (tertiary/aromatic N) is 1. The van der Waals surface area contributed by atoms with Gasteiger partial charge in [-0.05, 0) is 42.7 Å². The Morgan fingerprint density at radius 1 is 1.00 bits per heavy atom. The number of benzene rings is 2. The van der Waals surface area contributed by atoms with Crippen LogP contribution in [0.25, 0.3) is 0 Å². The van der Waals surface area contributed by atoms with Crippen LogP contribution in [0.5, 0.6) is 5.75 Å². The zero-order valence-corrected chi connectivity index (χ0v) is 14.1. The highest BCUT2D eigenvalue weighted by atomic mass is 16.5. The molecule has 24 heavy (non-hydrogen) atoms. The highest BCUT2D eigenvalue weighted by Gasteiger charge is 2.45. The Bertz CT molecular complexity index is 752. The van der Waals surface area contributed by atoms with Gasteiger partial charge in [-0.3, -0.25) is 4.79 Å². The Balaban J connectivity index is 2.05. The van der Waals surface area contributed by atoms with Crippen molar-refractivity contribution in [2.75, 3.05) is 16.4 Å². The molecule has 126 valence electrons. The predicted molar refractivity (Wildman–Crippen MR) is 96.8 cm³/mol. The Morgan fingerprint density at radius 3 is 2.25 bits per heavy atom. The van der Waals surface area contributed by atoms with Gasteiger partial charge in [0, 0.05) is 17.4 Å². The zero-order chi connectivity index (χ0) is 17.3. The van der Waals surface area contributed by atoms with E-state index in [0.717, 1.165) is 11.3 Å². The molecule has 1 heterocycles. The molecular formula is C19H23N3O2. The van der Waals surface area contributed by atoms with Crippen molar-refractivity contribution in [3.8, 4) is 5.75 Å². The monoisotopic (exact) mass is 325 g/mol. The fraction of sp³-hybridized carbons (Fsp3) is 0.316. The van der Waals surface area contributed by atoms with Crippen LogP contribution in [-0.4, -0.2) is 11.5 Å². The third kappa shape index (κ3) is 2.66. The topological polar surface area (TPSA) is 81.6 Å². The van der Waals surface area contributed by atoms with Gasteiger partial charge in [-0.15, -0.1) is 0 Å². The summed E-state index contributed by atoms with van der Waals surface area (Å²) in [4.78, 5) is 15.0. The molecule has 2 aromatic rings. The molecule has 0 atom stereocenters. The third-order valence-electron chi connectivity index (χ3n) is 4.68. The van der Waals surface area contributed by atoms with Gasteiger partial charge >= 0.3 is 0 Å². The van der Waals surface area contributed by atoms with E-state index in [4.69, 9.17) is 16.2 Å². The second kappa shape index (κ2) is 6.07. The van der Waals surface area contributed by atoms with Crippen LogP contribution in [0.3, 0.4) is 0 Å². The van der Waals surface area contributed by atoms with Gasteiger partial charge < -0.3 is 21.1 Å². The van der Waals surface area contributed by atoms with E-state index < -0.39 is 5.60 Å². The van der Waals surface area contributed by atoms with Crippen LogP contribution in [0.2, 0.25) is 0 Å². The summed E-state index contributed by atoms with van der Waals surface area (Å²) in [5.74, 6) is 0.648. The summed E-state index contributed by atoms with van der Waals surface area (Å²) in [6.45, 7) is 4.42. The molecule has 4 N–H and O–H groups in total. The van der Waals surface area contributed by atoms with E-state index in [1.165, 1.54) is 0 Å². The zero-order valence-electron chi connectivity index (χ0n) is 14.1. The highest BCUT2D eigenvalue weighted by molar-refractivity contribution is 6.03. The van der Waals surface area contributed by atoms with Crippen molar-refractivity contribution in [3.63, 3.8) is 0 Å². The molecule has 0 spiro atoms. The van der Waals surface area contributed by atoms with Crippen LogP contribution in [0.15, 0.2) is 42.5 Å². The number of anilines is 3. The molecule has 2 aromatic carbocycles. The minimum Gasteiger partial charge on any atom is -0.475 e. The van der Waals surface area contributed by atoms with E-state index in [1.807, 2.05) is 44.2 Å². The first kappa shape index (κ1) is 16.2. The first-order valence-electron chi connectivity index (χ1n) is 8.24. The molecule has 0 aromatic heterocycles. The van der Waals surface area contributed by atoms with E-state index in [0.29, 0.717) is 36.5 Å². The number of hydrogen-bond donors (Lipinski definition) is 2. The molecule has 1 aliphatic heterocycles. The highest BCUT2D eigenvalue weighted by Crippen LogP contribution is 2.42. The van der Waals surface area contributed by atoms with Gasteiger partial charge in [0.25, 0.3) is 5.91 Å². The molecular weight excluding hydrogens is 302 g/mol. The molecule has 0 saturated heterocycles. The predicted octanol–water partition coefficient (Wildman–Crippen LogP) is 3.34. The first-order chi connectivity index (χ1) is 11.5. The number of ether oxygens (including phenoxy) is 1. The Hall–Kier alpha value is -2.69. The number of amides is 1. The third-order valence-corrected chi connectivity index (χ3v) is 4.68. The summed E-state index contributed by atoms with van der Waals surface area (Å²) in [5, 5.41) is 0. The van der Waals surface area contributed by atoms with Crippen LogP contribution in [-0.2, 0) is 11.3 Å². The first-order valence-corrected chi connectivity index (χ1v) is 8.24. The average Bonchev–Trinajstić information content (AvgIpc) is 2.59. The van der Waals surface area contributed by atoms with E-state index in [1.54, 1.807) is 17.0 Å². The van der Waals surface area contributed by atoms with E-state index in [9.17, 15) is 4.79 Å². The summed E-state index contributed by atoms with van der Waals surface area (Å²) in [6.07, 6.45) is 1.21. The quantitative estimate of drug-likeness (QED) is 0.845. The van der Waals surface area contributed by atoms with E-state index >= 15 is 0 Å². The van der Waals surface area contributed by atoms with Gasteiger partial charge in [0.2, 0.25) is 0 Å². The minimum atomic E-state index is -0.839. The van der Waals surface area contributed by atoms with Gasteiger partial charge in [-0.1, -0.05) is 26.0 Å². The summed E-state index contributed by atoms with van der Waals surface area (Å²) >= 11 is 0. The summed E-state index contributed by atoms with van der Waals surface area (Å²) in [7, 11) is 0. The fourth-order valence-corrected chi connectivity index (χ4v) is 3.10. The van der Waals surface area contributed by atoms with Crippen LogP contribution < -0.4 is 21.1 Å². The Kier molecular flexibility index (Phi) is 4.09. The molecule has 0 unspecified atom stereocenters. The summed E-state index contributed by atoms with van der Waals surface area (Å²) < 4.78 is 6.11. The van der Waals surface area contributed by atoms with Crippen LogP contribution >= 0.6 is 0 Å². The van der Waals surface area contributed by atoms with Gasteiger partial charge in [0.15, 0.2) is 5.60 Å². The van der Waals surface area contributed by atoms with Crippen molar-refractivity contribution in [2.45, 2.75) is 38.8 Å². The molecule has 0 saturated carbocycles. The lowest BCUT2D eigenvalue weighted by molar-refractivity contribution is -0.136. The van der Waals surface area contributed by atoms with Crippen LogP contribution in [0, 0.1) is 0 Å². The molecule has 1 amide bonds. The SMILES string of the molecule is CCC1(CC)Oc2cc(N)ccc2N(Cc2ccc(N)cc2)C1=O. The van der Waals surface area contributed by atoms with Crippen molar-refractivity contribution in [1.82, 2.24) is 0 Å². The normalized spacial score (nSPS) is 15.8. The lowest BCUT2D eigenvalue weighted by atomic mass is 9.92. The summed E-state index contributed by atoms with van der Waals surface area (Å²) in [6, 6.07) is 13.0. The molecule has 0 bridgehead atoms. The van der Waals surface area contributed by atoms with Crippen molar-refractivity contribution in [3.05, 3.63) is 48.0 Å². The Labute approximate surface area is 142 Å².